The number of ether oxygens (including phenoxy) is 1. The predicted molar refractivity (Wildman–Crippen MR) is 69.8 cm³/mol. The van der Waals surface area contributed by atoms with E-state index in [1.165, 1.54) is 64.2 Å². The first-order chi connectivity index (χ1) is 7.43. The summed E-state index contributed by atoms with van der Waals surface area (Å²) >= 11 is 4.21. The Bertz CT molecular complexity index is 130. The Kier molecular flexibility index (Phi) is 8.50. The van der Waals surface area contributed by atoms with E-state index >= 15 is 0 Å². The van der Waals surface area contributed by atoms with Gasteiger partial charge in [-0.05, 0) is 31.4 Å². The lowest BCUT2D eigenvalue weighted by Crippen LogP contribution is -2.12. The summed E-state index contributed by atoms with van der Waals surface area (Å²) in [5.74, 6) is 1.03. The second-order valence-corrected chi connectivity index (χ2v) is 5.07. The predicted octanol–water partition coefficient (Wildman–Crippen LogP) is 4.22. The Labute approximate surface area is 100 Å². The van der Waals surface area contributed by atoms with Crippen LogP contribution < -0.4 is 0 Å². The van der Waals surface area contributed by atoms with Gasteiger partial charge in [-0.15, -0.1) is 0 Å². The van der Waals surface area contributed by atoms with Gasteiger partial charge in [0.15, 0.2) is 0 Å². The maximum Gasteiger partial charge on any atom is 0.0575 e. The van der Waals surface area contributed by atoms with E-state index in [0.717, 1.165) is 12.4 Å². The van der Waals surface area contributed by atoms with E-state index in [-0.39, 0.29) is 0 Å². The summed E-state index contributed by atoms with van der Waals surface area (Å²) in [6.07, 6.45) is 13.9. The number of rotatable bonds is 7. The summed E-state index contributed by atoms with van der Waals surface area (Å²) in [7, 11) is 0. The fraction of sp³-hybridized carbons (Fsp3) is 1.00. The van der Waals surface area contributed by atoms with Gasteiger partial charge >= 0.3 is 0 Å². The fourth-order valence-electron chi connectivity index (χ4n) is 2.23. The molecule has 0 aromatic heterocycles. The number of thiol groups is 1. The quantitative estimate of drug-likeness (QED) is 0.391. The summed E-state index contributed by atoms with van der Waals surface area (Å²) in [6, 6.07) is 0. The lowest BCUT2D eigenvalue weighted by molar-refractivity contribution is 0.0408. The fourth-order valence-corrected chi connectivity index (χ4v) is 2.45. The van der Waals surface area contributed by atoms with Crippen LogP contribution in [0, 0.1) is 0 Å². The van der Waals surface area contributed by atoms with Crippen LogP contribution >= 0.6 is 12.6 Å². The van der Waals surface area contributed by atoms with E-state index in [1.807, 2.05) is 0 Å². The zero-order valence-electron chi connectivity index (χ0n) is 9.92. The molecule has 1 saturated carbocycles. The molecule has 1 nitrogen and oxygen atoms in total. The van der Waals surface area contributed by atoms with Crippen LogP contribution in [0.4, 0.5) is 0 Å². The van der Waals surface area contributed by atoms with Crippen LogP contribution in [0.25, 0.3) is 0 Å². The highest BCUT2D eigenvalue weighted by Crippen LogP contribution is 2.20. The van der Waals surface area contributed by atoms with Crippen LogP contribution in [-0.4, -0.2) is 18.5 Å². The molecule has 0 heterocycles. The lowest BCUT2D eigenvalue weighted by atomic mass is 10.1. The Morgan fingerprint density at radius 3 is 2.20 bits per heavy atom. The molecule has 0 aromatic rings. The third kappa shape index (κ3) is 7.24. The van der Waals surface area contributed by atoms with Crippen molar-refractivity contribution in [1.29, 1.82) is 0 Å². The molecular formula is C13H26OS. The molecule has 0 bridgehead atoms. The van der Waals surface area contributed by atoms with Gasteiger partial charge in [0.25, 0.3) is 0 Å². The summed E-state index contributed by atoms with van der Waals surface area (Å²) < 4.78 is 5.92. The zero-order valence-corrected chi connectivity index (χ0v) is 10.8. The highest BCUT2D eigenvalue weighted by molar-refractivity contribution is 7.80. The average Bonchev–Trinajstić information content (AvgIpc) is 2.52. The minimum atomic E-state index is 0.581. The standard InChI is InChI=1S/C13H26OS/c15-12-8-4-3-7-11-14-13-9-5-1-2-6-10-13/h13,15H,1-12H2. The van der Waals surface area contributed by atoms with Crippen LogP contribution in [0.3, 0.4) is 0 Å². The monoisotopic (exact) mass is 230 g/mol. The minimum absolute atomic E-state index is 0.581. The first kappa shape index (κ1) is 13.4. The van der Waals surface area contributed by atoms with Crippen molar-refractivity contribution in [3.8, 4) is 0 Å². The third-order valence-electron chi connectivity index (χ3n) is 3.21. The van der Waals surface area contributed by atoms with Gasteiger partial charge in [-0.1, -0.05) is 38.5 Å². The van der Waals surface area contributed by atoms with Crippen molar-refractivity contribution in [3.05, 3.63) is 0 Å². The molecule has 0 aromatic carbocycles. The van der Waals surface area contributed by atoms with Crippen LogP contribution in [0.1, 0.15) is 64.2 Å². The summed E-state index contributed by atoms with van der Waals surface area (Å²) in [6.45, 7) is 0.983. The minimum Gasteiger partial charge on any atom is -0.378 e. The van der Waals surface area contributed by atoms with Gasteiger partial charge in [-0.3, -0.25) is 0 Å². The van der Waals surface area contributed by atoms with Crippen molar-refractivity contribution in [2.24, 2.45) is 0 Å². The first-order valence-corrected chi connectivity index (χ1v) is 7.29. The van der Waals surface area contributed by atoms with Crippen molar-refractivity contribution in [3.63, 3.8) is 0 Å². The largest absolute Gasteiger partial charge is 0.378 e. The van der Waals surface area contributed by atoms with E-state index < -0.39 is 0 Å². The molecule has 1 rings (SSSR count). The molecule has 1 aliphatic carbocycles. The van der Waals surface area contributed by atoms with Crippen LogP contribution in [0.2, 0.25) is 0 Å². The maximum absolute atomic E-state index is 5.92. The average molecular weight is 230 g/mol. The van der Waals surface area contributed by atoms with E-state index in [1.54, 1.807) is 0 Å². The molecule has 0 N–H and O–H groups in total. The van der Waals surface area contributed by atoms with Gasteiger partial charge < -0.3 is 4.74 Å². The summed E-state index contributed by atoms with van der Waals surface area (Å²) in [5, 5.41) is 0. The van der Waals surface area contributed by atoms with Gasteiger partial charge in [-0.25, -0.2) is 0 Å². The SMILES string of the molecule is SCCCCCCOC1CCCCCC1. The van der Waals surface area contributed by atoms with Gasteiger partial charge in [0, 0.05) is 6.61 Å². The van der Waals surface area contributed by atoms with Gasteiger partial charge in [0.05, 0.1) is 6.10 Å². The third-order valence-corrected chi connectivity index (χ3v) is 3.52. The van der Waals surface area contributed by atoms with E-state index in [2.05, 4.69) is 12.6 Å². The molecule has 0 spiro atoms. The molecule has 2 heteroatoms. The normalized spacial score (nSPS) is 19.0. The molecule has 0 unspecified atom stereocenters. The van der Waals surface area contributed by atoms with Crippen LogP contribution in [0.15, 0.2) is 0 Å². The Morgan fingerprint density at radius 2 is 1.53 bits per heavy atom. The Balaban J connectivity index is 1.89. The molecular weight excluding hydrogens is 204 g/mol. The molecule has 1 aliphatic rings. The highest BCUT2D eigenvalue weighted by Gasteiger charge is 2.11. The highest BCUT2D eigenvalue weighted by atomic mass is 32.1. The van der Waals surface area contributed by atoms with Gasteiger partial charge in [0.2, 0.25) is 0 Å². The second kappa shape index (κ2) is 9.53. The van der Waals surface area contributed by atoms with Crippen molar-refractivity contribution in [2.75, 3.05) is 12.4 Å². The van der Waals surface area contributed by atoms with Crippen molar-refractivity contribution < 1.29 is 4.74 Å². The number of hydrogen-bond donors (Lipinski definition) is 1. The Morgan fingerprint density at radius 1 is 0.867 bits per heavy atom. The summed E-state index contributed by atoms with van der Waals surface area (Å²) in [4.78, 5) is 0. The topological polar surface area (TPSA) is 9.23 Å². The molecule has 0 aliphatic heterocycles. The molecule has 1 fully saturated rings. The Hall–Kier alpha value is 0.310. The van der Waals surface area contributed by atoms with Crippen molar-refractivity contribution in [1.82, 2.24) is 0 Å². The molecule has 0 amide bonds. The molecule has 0 saturated heterocycles. The summed E-state index contributed by atoms with van der Waals surface area (Å²) in [5.41, 5.74) is 0. The number of hydrogen-bond acceptors (Lipinski definition) is 2. The second-order valence-electron chi connectivity index (χ2n) is 4.62. The van der Waals surface area contributed by atoms with Gasteiger partial charge in [0.1, 0.15) is 0 Å². The maximum atomic E-state index is 5.92. The van der Waals surface area contributed by atoms with Gasteiger partial charge in [-0.2, -0.15) is 12.6 Å². The molecule has 15 heavy (non-hydrogen) atoms. The van der Waals surface area contributed by atoms with Crippen molar-refractivity contribution in [2.45, 2.75) is 70.3 Å². The number of unbranched alkanes of at least 4 members (excludes halogenated alkanes) is 3. The van der Waals surface area contributed by atoms with Crippen LogP contribution in [0.5, 0.6) is 0 Å². The van der Waals surface area contributed by atoms with Crippen molar-refractivity contribution >= 4 is 12.6 Å². The molecule has 0 atom stereocenters. The first-order valence-electron chi connectivity index (χ1n) is 6.66. The molecule has 90 valence electrons. The van der Waals surface area contributed by atoms with E-state index in [4.69, 9.17) is 4.74 Å². The van der Waals surface area contributed by atoms with Crippen LogP contribution in [-0.2, 0) is 4.74 Å². The molecule has 0 radical (unpaired) electrons. The lowest BCUT2D eigenvalue weighted by Gasteiger charge is -2.14. The van der Waals surface area contributed by atoms with E-state index in [9.17, 15) is 0 Å². The smallest absolute Gasteiger partial charge is 0.0575 e. The van der Waals surface area contributed by atoms with E-state index in [0.29, 0.717) is 6.10 Å². The zero-order chi connectivity index (χ0) is 10.8.